The Labute approximate surface area is 74.5 Å². The fourth-order valence-electron chi connectivity index (χ4n) is 0.884. The summed E-state index contributed by atoms with van der Waals surface area (Å²) in [5, 5.41) is 17.5. The molecule has 1 N–H and O–H groups in total. The minimum atomic E-state index is -0.429. The van der Waals surface area contributed by atoms with Crippen LogP contribution in [0.25, 0.3) is 0 Å². The smallest absolute Gasteiger partial charge is 0.0730 e. The molecule has 0 spiro atoms. The zero-order chi connectivity index (χ0) is 9.23. The van der Waals surface area contributed by atoms with Crippen LogP contribution in [-0.4, -0.2) is 11.2 Å². The van der Waals surface area contributed by atoms with Gasteiger partial charge < -0.3 is 5.11 Å². The molecule has 12 heavy (non-hydrogen) atoms. The number of hydrogen-bond donors (Lipinski definition) is 1. The highest BCUT2D eigenvalue weighted by Gasteiger charge is 1.96. The average molecular weight is 167 g/mol. The Morgan fingerprint density at radius 1 is 1.58 bits per heavy atom. The molecule has 0 aliphatic heterocycles. The molecule has 2 nitrogen and oxygen atoms in total. The Hall–Kier alpha value is -0.810. The highest BCUT2D eigenvalue weighted by molar-refractivity contribution is 4.89. The molecular weight excluding hydrogens is 150 g/mol. The topological polar surface area (TPSA) is 44.0 Å². The van der Waals surface area contributed by atoms with Crippen molar-refractivity contribution < 1.29 is 5.11 Å². The van der Waals surface area contributed by atoms with E-state index in [0.29, 0.717) is 12.8 Å². The van der Waals surface area contributed by atoms with Crippen molar-refractivity contribution in [1.29, 1.82) is 5.26 Å². The lowest BCUT2D eigenvalue weighted by Crippen LogP contribution is -2.00. The van der Waals surface area contributed by atoms with Crippen molar-refractivity contribution in [1.82, 2.24) is 0 Å². The molecule has 0 saturated carbocycles. The summed E-state index contributed by atoms with van der Waals surface area (Å²) in [4.78, 5) is 0. The number of nitriles is 1. The van der Waals surface area contributed by atoms with Crippen molar-refractivity contribution in [3.63, 3.8) is 0 Å². The first-order valence-electron chi connectivity index (χ1n) is 4.53. The largest absolute Gasteiger partial charge is 0.389 e. The van der Waals surface area contributed by atoms with E-state index in [-0.39, 0.29) is 0 Å². The third-order valence-corrected chi connectivity index (χ3v) is 1.63. The minimum absolute atomic E-state index is 0.429. The van der Waals surface area contributed by atoms with Crippen LogP contribution in [0.5, 0.6) is 0 Å². The molecule has 0 rings (SSSR count). The van der Waals surface area contributed by atoms with Gasteiger partial charge in [0.05, 0.1) is 12.2 Å². The van der Waals surface area contributed by atoms with Crippen LogP contribution in [-0.2, 0) is 0 Å². The Bertz CT molecular complexity index is 158. The van der Waals surface area contributed by atoms with Crippen molar-refractivity contribution in [2.24, 2.45) is 0 Å². The maximum Gasteiger partial charge on any atom is 0.0730 e. The summed E-state index contributed by atoms with van der Waals surface area (Å²) in [5.74, 6) is 0. The Morgan fingerprint density at radius 2 is 2.33 bits per heavy atom. The van der Waals surface area contributed by atoms with Gasteiger partial charge in [0.15, 0.2) is 0 Å². The van der Waals surface area contributed by atoms with Gasteiger partial charge in [-0.25, -0.2) is 0 Å². The summed E-state index contributed by atoms with van der Waals surface area (Å²) in [6.07, 6.45) is 7.71. The van der Waals surface area contributed by atoms with E-state index in [1.807, 2.05) is 12.1 Å². The van der Waals surface area contributed by atoms with Crippen LogP contribution in [0.2, 0.25) is 0 Å². The first kappa shape index (κ1) is 11.2. The van der Waals surface area contributed by atoms with E-state index in [1.165, 1.54) is 12.8 Å². The molecule has 0 aliphatic rings. The lowest BCUT2D eigenvalue weighted by atomic mass is 10.1. The summed E-state index contributed by atoms with van der Waals surface area (Å²) >= 11 is 0. The first-order valence-corrected chi connectivity index (χ1v) is 4.53. The molecule has 0 aromatic carbocycles. The standard InChI is InChI=1S/C10H17NO/c1-2-3-4-5-7-10(12)8-6-9-11/h5,7,10,12H,2-4,6,8H2,1H3. The van der Waals surface area contributed by atoms with Gasteiger partial charge in [-0.2, -0.15) is 5.26 Å². The molecule has 1 atom stereocenters. The molecule has 2 heteroatoms. The van der Waals surface area contributed by atoms with E-state index in [1.54, 1.807) is 6.08 Å². The van der Waals surface area contributed by atoms with Gasteiger partial charge in [-0.1, -0.05) is 31.9 Å². The second kappa shape index (κ2) is 8.29. The Kier molecular flexibility index (Phi) is 7.73. The predicted octanol–water partition coefficient (Wildman–Crippen LogP) is 2.40. The van der Waals surface area contributed by atoms with Crippen LogP contribution in [0.15, 0.2) is 12.2 Å². The molecule has 0 bridgehead atoms. The summed E-state index contributed by atoms with van der Waals surface area (Å²) < 4.78 is 0. The quantitative estimate of drug-likeness (QED) is 0.487. The average Bonchev–Trinajstić information content (AvgIpc) is 2.09. The van der Waals surface area contributed by atoms with Crippen LogP contribution in [0.4, 0.5) is 0 Å². The fraction of sp³-hybridized carbons (Fsp3) is 0.700. The highest BCUT2D eigenvalue weighted by Crippen LogP contribution is 2.00. The number of aliphatic hydroxyl groups excluding tert-OH is 1. The number of nitrogens with zero attached hydrogens (tertiary/aromatic N) is 1. The van der Waals surface area contributed by atoms with Gasteiger partial charge in [0, 0.05) is 6.42 Å². The van der Waals surface area contributed by atoms with E-state index in [0.717, 1.165) is 6.42 Å². The molecule has 0 heterocycles. The predicted molar refractivity (Wildman–Crippen MR) is 49.5 cm³/mol. The van der Waals surface area contributed by atoms with Gasteiger partial charge in [0.1, 0.15) is 0 Å². The van der Waals surface area contributed by atoms with E-state index in [9.17, 15) is 5.11 Å². The number of allylic oxidation sites excluding steroid dienone is 1. The van der Waals surface area contributed by atoms with Crippen LogP contribution in [0, 0.1) is 11.3 Å². The number of aliphatic hydroxyl groups is 1. The molecule has 1 unspecified atom stereocenters. The molecule has 0 aromatic heterocycles. The molecule has 68 valence electrons. The van der Waals surface area contributed by atoms with Crippen LogP contribution in [0.3, 0.4) is 0 Å². The minimum Gasteiger partial charge on any atom is -0.389 e. The third kappa shape index (κ3) is 7.30. The molecular formula is C10H17NO. The zero-order valence-corrected chi connectivity index (χ0v) is 7.66. The van der Waals surface area contributed by atoms with Crippen molar-refractivity contribution >= 4 is 0 Å². The Morgan fingerprint density at radius 3 is 2.92 bits per heavy atom. The van der Waals surface area contributed by atoms with Crippen molar-refractivity contribution in [3.8, 4) is 6.07 Å². The zero-order valence-electron chi connectivity index (χ0n) is 7.66. The second-order valence-corrected chi connectivity index (χ2v) is 2.83. The SMILES string of the molecule is CCCCC=CC(O)CCC#N. The summed E-state index contributed by atoms with van der Waals surface area (Å²) in [6.45, 7) is 2.14. The Balaban J connectivity index is 3.34. The van der Waals surface area contributed by atoms with E-state index in [2.05, 4.69) is 6.92 Å². The summed E-state index contributed by atoms with van der Waals surface area (Å²) in [6, 6.07) is 2.01. The molecule has 0 aromatic rings. The normalized spacial score (nSPS) is 13.1. The molecule has 0 radical (unpaired) electrons. The summed E-state index contributed by atoms with van der Waals surface area (Å²) in [7, 11) is 0. The van der Waals surface area contributed by atoms with Crippen molar-refractivity contribution in [2.45, 2.75) is 45.1 Å². The van der Waals surface area contributed by atoms with Gasteiger partial charge in [0.25, 0.3) is 0 Å². The van der Waals surface area contributed by atoms with Crippen molar-refractivity contribution in [3.05, 3.63) is 12.2 Å². The second-order valence-electron chi connectivity index (χ2n) is 2.83. The monoisotopic (exact) mass is 167 g/mol. The lowest BCUT2D eigenvalue weighted by molar-refractivity contribution is 0.214. The maximum absolute atomic E-state index is 9.24. The van der Waals surface area contributed by atoms with Crippen LogP contribution in [0.1, 0.15) is 39.0 Å². The van der Waals surface area contributed by atoms with Gasteiger partial charge >= 0.3 is 0 Å². The van der Waals surface area contributed by atoms with Crippen molar-refractivity contribution in [2.75, 3.05) is 0 Å². The first-order chi connectivity index (χ1) is 5.81. The van der Waals surface area contributed by atoms with Gasteiger partial charge in [-0.05, 0) is 12.8 Å². The fourth-order valence-corrected chi connectivity index (χ4v) is 0.884. The lowest BCUT2D eigenvalue weighted by Gasteiger charge is -1.99. The molecule has 0 amide bonds. The number of rotatable bonds is 6. The van der Waals surface area contributed by atoms with E-state index < -0.39 is 6.10 Å². The van der Waals surface area contributed by atoms with Gasteiger partial charge in [-0.15, -0.1) is 0 Å². The van der Waals surface area contributed by atoms with Crippen LogP contribution < -0.4 is 0 Å². The molecule has 0 fully saturated rings. The summed E-state index contributed by atoms with van der Waals surface area (Å²) in [5.41, 5.74) is 0. The van der Waals surface area contributed by atoms with E-state index >= 15 is 0 Å². The van der Waals surface area contributed by atoms with Crippen LogP contribution >= 0.6 is 0 Å². The van der Waals surface area contributed by atoms with Gasteiger partial charge in [-0.3, -0.25) is 0 Å². The number of hydrogen-bond acceptors (Lipinski definition) is 2. The third-order valence-electron chi connectivity index (χ3n) is 1.63. The number of unbranched alkanes of at least 4 members (excludes halogenated alkanes) is 2. The highest BCUT2D eigenvalue weighted by atomic mass is 16.3. The van der Waals surface area contributed by atoms with E-state index in [4.69, 9.17) is 5.26 Å². The maximum atomic E-state index is 9.24. The molecule has 0 aliphatic carbocycles. The van der Waals surface area contributed by atoms with Gasteiger partial charge in [0.2, 0.25) is 0 Å². The molecule has 0 saturated heterocycles.